The predicted octanol–water partition coefficient (Wildman–Crippen LogP) is 1.80. The maximum atomic E-state index is 12.4. The van der Waals surface area contributed by atoms with Gasteiger partial charge in [-0.3, -0.25) is 0 Å². The van der Waals surface area contributed by atoms with Gasteiger partial charge in [-0.2, -0.15) is 0 Å². The first-order valence-electron chi connectivity index (χ1n) is 7.30. The molecule has 2 N–H and O–H groups in total. The number of piperidine rings is 1. The van der Waals surface area contributed by atoms with Gasteiger partial charge in [0.05, 0.1) is 10.8 Å². The van der Waals surface area contributed by atoms with Crippen LogP contribution in [0.25, 0.3) is 0 Å². The lowest BCUT2D eigenvalue weighted by Gasteiger charge is -2.42. The van der Waals surface area contributed by atoms with Crippen LogP contribution in [-0.4, -0.2) is 31.3 Å². The summed E-state index contributed by atoms with van der Waals surface area (Å²) in [5.41, 5.74) is -0.228. The number of sulfonamides is 1. The Balaban J connectivity index is 1.69. The summed E-state index contributed by atoms with van der Waals surface area (Å²) in [5.74, 6) is 0.907. The van der Waals surface area contributed by atoms with Gasteiger partial charge in [-0.25, -0.2) is 13.1 Å². The van der Waals surface area contributed by atoms with E-state index in [0.29, 0.717) is 18.3 Å². The summed E-state index contributed by atoms with van der Waals surface area (Å²) in [6, 6.07) is 0. The Morgan fingerprint density at radius 2 is 2.00 bits per heavy atom. The lowest BCUT2D eigenvalue weighted by atomic mass is 9.75. The van der Waals surface area contributed by atoms with E-state index in [1.807, 2.05) is 6.92 Å². The van der Waals surface area contributed by atoms with Crippen molar-refractivity contribution in [3.63, 3.8) is 0 Å². The van der Waals surface area contributed by atoms with Gasteiger partial charge in [-0.1, -0.05) is 0 Å². The van der Waals surface area contributed by atoms with Crippen molar-refractivity contribution in [2.75, 3.05) is 6.54 Å². The second-order valence-corrected chi connectivity index (χ2v) is 9.14. The predicted molar refractivity (Wildman–Crippen MR) is 76.6 cm³/mol. The van der Waals surface area contributed by atoms with Gasteiger partial charge in [0, 0.05) is 5.54 Å². The van der Waals surface area contributed by atoms with Crippen LogP contribution in [0.2, 0.25) is 0 Å². The van der Waals surface area contributed by atoms with Crippen LogP contribution in [-0.2, 0) is 10.0 Å². The molecule has 3 fully saturated rings. The average Bonchev–Trinajstić information content (AvgIpc) is 3.06. The molecule has 0 amide bonds. The third kappa shape index (κ3) is 2.94. The van der Waals surface area contributed by atoms with Crippen molar-refractivity contribution in [3.05, 3.63) is 0 Å². The van der Waals surface area contributed by atoms with Crippen molar-refractivity contribution >= 4 is 21.6 Å². The average molecular weight is 307 g/mol. The molecule has 1 saturated heterocycles. The molecule has 0 aromatic heterocycles. The maximum Gasteiger partial charge on any atom is 0.214 e. The summed E-state index contributed by atoms with van der Waals surface area (Å²) in [6.45, 7) is 2.95. The second-order valence-electron chi connectivity index (χ2n) is 6.71. The zero-order valence-corrected chi connectivity index (χ0v) is 12.9. The molecular weight excluding hydrogens is 284 g/mol. The SMILES string of the molecule is CC1(NS(=O)(=O)C2CCC3CCNC(Cl)C3C2)CC1. The first-order chi connectivity index (χ1) is 8.90. The zero-order chi connectivity index (χ0) is 13.7. The molecular formula is C13H23ClN2O2S. The van der Waals surface area contributed by atoms with Crippen LogP contribution < -0.4 is 10.0 Å². The molecule has 110 valence electrons. The summed E-state index contributed by atoms with van der Waals surface area (Å²) in [7, 11) is -3.19. The lowest BCUT2D eigenvalue weighted by molar-refractivity contribution is 0.170. The smallest absolute Gasteiger partial charge is 0.214 e. The molecule has 0 aromatic carbocycles. The van der Waals surface area contributed by atoms with Crippen molar-refractivity contribution in [2.24, 2.45) is 11.8 Å². The van der Waals surface area contributed by atoms with Crippen molar-refractivity contribution in [1.82, 2.24) is 10.0 Å². The van der Waals surface area contributed by atoms with E-state index >= 15 is 0 Å². The molecule has 3 aliphatic rings. The Morgan fingerprint density at radius 3 is 2.68 bits per heavy atom. The molecule has 2 aliphatic carbocycles. The second kappa shape index (κ2) is 4.86. The third-order valence-electron chi connectivity index (χ3n) is 5.06. The molecule has 0 spiro atoms. The minimum atomic E-state index is -3.19. The van der Waals surface area contributed by atoms with E-state index in [0.717, 1.165) is 38.6 Å². The fourth-order valence-electron chi connectivity index (χ4n) is 3.50. The van der Waals surface area contributed by atoms with Gasteiger partial charge >= 0.3 is 0 Å². The standard InChI is InChI=1S/C13H23ClN2O2S/c1-13(5-6-13)16-19(17,18)10-3-2-9-4-7-15-12(14)11(9)8-10/h9-12,15-16H,2-8H2,1H3. The van der Waals surface area contributed by atoms with Gasteiger partial charge in [0.25, 0.3) is 0 Å². The minimum Gasteiger partial charge on any atom is -0.301 e. The molecule has 4 nitrogen and oxygen atoms in total. The van der Waals surface area contributed by atoms with E-state index in [9.17, 15) is 8.42 Å². The normalized spacial score (nSPS) is 41.6. The summed E-state index contributed by atoms with van der Waals surface area (Å²) >= 11 is 6.32. The molecule has 0 radical (unpaired) electrons. The first kappa shape index (κ1) is 14.1. The van der Waals surface area contributed by atoms with Gasteiger partial charge in [0.15, 0.2) is 0 Å². The maximum absolute atomic E-state index is 12.4. The number of hydrogen-bond donors (Lipinski definition) is 2. The van der Waals surface area contributed by atoms with E-state index in [4.69, 9.17) is 11.6 Å². The van der Waals surface area contributed by atoms with Crippen LogP contribution in [0.5, 0.6) is 0 Å². The highest BCUT2D eigenvalue weighted by Gasteiger charge is 2.46. The quantitative estimate of drug-likeness (QED) is 0.617. The molecule has 4 unspecified atom stereocenters. The number of hydrogen-bond acceptors (Lipinski definition) is 3. The topological polar surface area (TPSA) is 58.2 Å². The molecule has 0 aromatic rings. The number of alkyl halides is 1. The number of nitrogens with one attached hydrogen (secondary N) is 2. The van der Waals surface area contributed by atoms with Gasteiger partial charge in [0.2, 0.25) is 10.0 Å². The van der Waals surface area contributed by atoms with Crippen LogP contribution in [0.15, 0.2) is 0 Å². The van der Waals surface area contributed by atoms with Crippen LogP contribution in [0.4, 0.5) is 0 Å². The number of fused-ring (bicyclic) bond motifs is 1. The van der Waals surface area contributed by atoms with E-state index in [2.05, 4.69) is 10.0 Å². The van der Waals surface area contributed by atoms with Crippen LogP contribution >= 0.6 is 11.6 Å². The zero-order valence-electron chi connectivity index (χ0n) is 11.4. The number of rotatable bonds is 3. The van der Waals surface area contributed by atoms with E-state index < -0.39 is 10.0 Å². The van der Waals surface area contributed by atoms with E-state index in [1.165, 1.54) is 0 Å². The fraction of sp³-hybridized carbons (Fsp3) is 1.00. The molecule has 3 rings (SSSR count). The summed E-state index contributed by atoms with van der Waals surface area (Å²) < 4.78 is 27.8. The lowest BCUT2D eigenvalue weighted by Crippen LogP contribution is -2.50. The van der Waals surface area contributed by atoms with E-state index in [1.54, 1.807) is 0 Å². The van der Waals surface area contributed by atoms with Crippen molar-refractivity contribution in [3.8, 4) is 0 Å². The Hall–Kier alpha value is 0.160. The Bertz CT molecular complexity index is 450. The summed E-state index contributed by atoms with van der Waals surface area (Å²) in [5, 5.41) is 3.01. The molecule has 1 heterocycles. The van der Waals surface area contributed by atoms with Gasteiger partial charge in [-0.15, -0.1) is 11.6 Å². The monoisotopic (exact) mass is 306 g/mol. The molecule has 19 heavy (non-hydrogen) atoms. The highest BCUT2D eigenvalue weighted by molar-refractivity contribution is 7.90. The Morgan fingerprint density at radius 1 is 1.26 bits per heavy atom. The molecule has 6 heteroatoms. The van der Waals surface area contributed by atoms with Crippen LogP contribution in [0.3, 0.4) is 0 Å². The third-order valence-corrected chi connectivity index (χ3v) is 7.62. The molecule has 2 saturated carbocycles. The summed E-state index contributed by atoms with van der Waals surface area (Å²) in [6.07, 6.45) is 5.55. The summed E-state index contributed by atoms with van der Waals surface area (Å²) in [4.78, 5) is 0. The van der Waals surface area contributed by atoms with Crippen molar-refractivity contribution in [2.45, 2.75) is 61.7 Å². The number of halogens is 1. The Kier molecular flexibility index (Phi) is 3.61. The van der Waals surface area contributed by atoms with Crippen LogP contribution in [0, 0.1) is 11.8 Å². The van der Waals surface area contributed by atoms with E-state index in [-0.39, 0.29) is 16.3 Å². The Labute approximate surface area is 120 Å². The molecule has 0 bridgehead atoms. The highest BCUT2D eigenvalue weighted by atomic mass is 35.5. The van der Waals surface area contributed by atoms with Gasteiger partial charge in [-0.05, 0) is 63.8 Å². The molecule has 4 atom stereocenters. The largest absolute Gasteiger partial charge is 0.301 e. The highest BCUT2D eigenvalue weighted by Crippen LogP contribution is 2.42. The van der Waals surface area contributed by atoms with Gasteiger partial charge in [0.1, 0.15) is 0 Å². The first-order valence-corrected chi connectivity index (χ1v) is 9.28. The van der Waals surface area contributed by atoms with Crippen molar-refractivity contribution in [1.29, 1.82) is 0 Å². The molecule has 1 aliphatic heterocycles. The van der Waals surface area contributed by atoms with Gasteiger partial charge < -0.3 is 5.32 Å². The minimum absolute atomic E-state index is 0.0618. The fourth-order valence-corrected chi connectivity index (χ4v) is 5.90. The van der Waals surface area contributed by atoms with Crippen molar-refractivity contribution < 1.29 is 8.42 Å². The van der Waals surface area contributed by atoms with Crippen LogP contribution in [0.1, 0.15) is 45.4 Å².